The minimum atomic E-state index is -3.73. The number of anilines is 1. The van der Waals surface area contributed by atoms with Gasteiger partial charge >= 0.3 is 0 Å². The second kappa shape index (κ2) is 9.11. The van der Waals surface area contributed by atoms with Crippen LogP contribution in [0.2, 0.25) is 5.02 Å². The third-order valence-corrected chi connectivity index (χ3v) is 6.99. The fraction of sp³-hybridized carbons (Fsp3) is 0.350. The highest BCUT2D eigenvalue weighted by molar-refractivity contribution is 7.89. The number of benzene rings is 2. The molecule has 2 aromatic rings. The largest absolute Gasteiger partial charge is 0.492 e. The van der Waals surface area contributed by atoms with Gasteiger partial charge < -0.3 is 10.1 Å². The molecule has 0 saturated carbocycles. The van der Waals surface area contributed by atoms with E-state index in [0.29, 0.717) is 25.2 Å². The van der Waals surface area contributed by atoms with E-state index in [9.17, 15) is 17.6 Å². The Kier molecular flexibility index (Phi) is 6.77. The average Bonchev–Trinajstić information content (AvgIpc) is 2.71. The van der Waals surface area contributed by atoms with Crippen molar-refractivity contribution in [3.05, 3.63) is 53.3 Å². The summed E-state index contributed by atoms with van der Waals surface area (Å²) in [6, 6.07) is 10.3. The van der Waals surface area contributed by atoms with Gasteiger partial charge in [-0.1, -0.05) is 23.7 Å². The zero-order valence-electron chi connectivity index (χ0n) is 15.9. The Morgan fingerprint density at radius 3 is 2.55 bits per heavy atom. The summed E-state index contributed by atoms with van der Waals surface area (Å²) in [6.07, 6.45) is 0.703. The minimum Gasteiger partial charge on any atom is -0.492 e. The Labute approximate surface area is 174 Å². The van der Waals surface area contributed by atoms with E-state index in [0.717, 1.165) is 0 Å². The van der Waals surface area contributed by atoms with Crippen LogP contribution in [0.1, 0.15) is 19.8 Å². The Morgan fingerprint density at radius 1 is 1.24 bits per heavy atom. The topological polar surface area (TPSA) is 75.7 Å². The highest BCUT2D eigenvalue weighted by atomic mass is 35.5. The Hall–Kier alpha value is -2.16. The highest BCUT2D eigenvalue weighted by Gasteiger charge is 2.32. The summed E-state index contributed by atoms with van der Waals surface area (Å²) in [5, 5.41) is 2.81. The first-order valence-corrected chi connectivity index (χ1v) is 11.1. The normalized spacial score (nSPS) is 15.8. The molecule has 0 unspecified atom stereocenters. The van der Waals surface area contributed by atoms with Crippen molar-refractivity contribution in [3.8, 4) is 5.75 Å². The number of halogens is 2. The molecule has 0 aliphatic carbocycles. The lowest BCUT2D eigenvalue weighted by molar-refractivity contribution is -0.120. The van der Waals surface area contributed by atoms with Gasteiger partial charge in [-0.3, -0.25) is 4.79 Å². The second-order valence-corrected chi connectivity index (χ2v) is 9.02. The van der Waals surface area contributed by atoms with Crippen molar-refractivity contribution in [1.29, 1.82) is 0 Å². The lowest BCUT2D eigenvalue weighted by atomic mass is 9.97. The number of piperidine rings is 1. The number of carbonyl (C=O) groups is 1. The van der Waals surface area contributed by atoms with Crippen LogP contribution in [0.15, 0.2) is 47.4 Å². The molecule has 29 heavy (non-hydrogen) atoms. The number of amides is 1. The van der Waals surface area contributed by atoms with Crippen LogP contribution in [0.25, 0.3) is 0 Å². The lowest BCUT2D eigenvalue weighted by Crippen LogP contribution is -2.41. The van der Waals surface area contributed by atoms with E-state index >= 15 is 0 Å². The average molecular weight is 441 g/mol. The fourth-order valence-electron chi connectivity index (χ4n) is 3.22. The summed E-state index contributed by atoms with van der Waals surface area (Å²) in [6.45, 7) is 2.63. The third-order valence-electron chi connectivity index (χ3n) is 4.80. The van der Waals surface area contributed by atoms with E-state index in [1.165, 1.54) is 34.6 Å². The summed E-state index contributed by atoms with van der Waals surface area (Å²) < 4.78 is 46.2. The number of hydrogen-bond donors (Lipinski definition) is 1. The van der Waals surface area contributed by atoms with Crippen LogP contribution in [0.3, 0.4) is 0 Å². The monoisotopic (exact) mass is 440 g/mol. The zero-order chi connectivity index (χ0) is 21.0. The molecule has 1 heterocycles. The molecule has 156 valence electrons. The van der Waals surface area contributed by atoms with E-state index in [-0.39, 0.29) is 40.5 Å². The minimum absolute atomic E-state index is 0.0835. The summed E-state index contributed by atoms with van der Waals surface area (Å²) in [5.74, 6) is -0.772. The van der Waals surface area contributed by atoms with Crippen molar-refractivity contribution in [1.82, 2.24) is 4.31 Å². The Bertz CT molecular complexity index is 992. The number of carbonyl (C=O) groups excluding carboxylic acids is 1. The Morgan fingerprint density at radius 2 is 1.93 bits per heavy atom. The van der Waals surface area contributed by atoms with Crippen LogP contribution in [-0.4, -0.2) is 38.3 Å². The molecule has 0 aromatic heterocycles. The Balaban J connectivity index is 1.64. The van der Waals surface area contributed by atoms with E-state index < -0.39 is 15.8 Å². The smallest absolute Gasteiger partial charge is 0.243 e. The maximum absolute atomic E-state index is 13.7. The third kappa shape index (κ3) is 4.88. The van der Waals surface area contributed by atoms with Crippen molar-refractivity contribution in [2.24, 2.45) is 5.92 Å². The van der Waals surface area contributed by atoms with Crippen molar-refractivity contribution in [3.63, 3.8) is 0 Å². The molecule has 9 heteroatoms. The van der Waals surface area contributed by atoms with Gasteiger partial charge in [-0.2, -0.15) is 4.31 Å². The van der Waals surface area contributed by atoms with Crippen molar-refractivity contribution < 1.29 is 22.3 Å². The van der Waals surface area contributed by atoms with Crippen LogP contribution in [0.4, 0.5) is 10.1 Å². The first-order chi connectivity index (χ1) is 13.8. The van der Waals surface area contributed by atoms with E-state index in [1.807, 2.05) is 6.92 Å². The first-order valence-electron chi connectivity index (χ1n) is 9.31. The summed E-state index contributed by atoms with van der Waals surface area (Å²) in [5.41, 5.74) is 0.122. The number of nitrogens with one attached hydrogen (secondary N) is 1. The van der Waals surface area contributed by atoms with Crippen molar-refractivity contribution in [2.75, 3.05) is 25.0 Å². The molecule has 2 aromatic carbocycles. The molecule has 0 atom stereocenters. The molecule has 0 bridgehead atoms. The van der Waals surface area contributed by atoms with Gasteiger partial charge in [0.05, 0.1) is 22.2 Å². The number of ether oxygens (including phenoxy) is 1. The highest BCUT2D eigenvalue weighted by Crippen LogP contribution is 2.30. The van der Waals surface area contributed by atoms with Gasteiger partial charge in [0.1, 0.15) is 11.6 Å². The van der Waals surface area contributed by atoms with Crippen LogP contribution in [0, 0.1) is 11.7 Å². The molecule has 6 nitrogen and oxygen atoms in total. The van der Waals surface area contributed by atoms with Crippen LogP contribution < -0.4 is 10.1 Å². The maximum atomic E-state index is 13.7. The van der Waals surface area contributed by atoms with E-state index in [2.05, 4.69) is 5.32 Å². The molecule has 0 spiro atoms. The number of hydrogen-bond acceptors (Lipinski definition) is 4. The van der Waals surface area contributed by atoms with Gasteiger partial charge in [0.15, 0.2) is 0 Å². The second-order valence-electron chi connectivity index (χ2n) is 6.67. The zero-order valence-corrected chi connectivity index (χ0v) is 17.5. The van der Waals surface area contributed by atoms with Crippen LogP contribution >= 0.6 is 11.6 Å². The standard InChI is InChI=1S/C20H22ClFN2O4S/c1-2-28-19-8-7-15(13-16(19)21)29(26,27)24-11-9-14(10-12-24)20(25)23-18-6-4-3-5-17(18)22/h3-8,13-14H,2,9-12H2,1H3,(H,23,25). The molecular formula is C20H22ClFN2O4S. The summed E-state index contributed by atoms with van der Waals surface area (Å²) in [4.78, 5) is 12.5. The predicted octanol–water partition coefficient (Wildman–Crippen LogP) is 3.92. The van der Waals surface area contributed by atoms with Crippen LogP contribution in [-0.2, 0) is 14.8 Å². The molecule has 1 fully saturated rings. The fourth-order valence-corrected chi connectivity index (χ4v) is 5.02. The van der Waals surface area contributed by atoms with Gasteiger partial charge in [0, 0.05) is 19.0 Å². The quantitative estimate of drug-likeness (QED) is 0.738. The van der Waals surface area contributed by atoms with Crippen molar-refractivity contribution >= 4 is 33.2 Å². The molecular weight excluding hydrogens is 419 g/mol. The van der Waals surface area contributed by atoms with Gasteiger partial charge in [0.2, 0.25) is 15.9 Å². The van der Waals surface area contributed by atoms with E-state index in [1.54, 1.807) is 12.1 Å². The molecule has 1 aliphatic heterocycles. The van der Waals surface area contributed by atoms with Gasteiger partial charge in [-0.25, -0.2) is 12.8 Å². The lowest BCUT2D eigenvalue weighted by Gasteiger charge is -2.30. The number of sulfonamides is 1. The molecule has 1 aliphatic rings. The molecule has 1 N–H and O–H groups in total. The van der Waals surface area contributed by atoms with Crippen LogP contribution in [0.5, 0.6) is 5.75 Å². The maximum Gasteiger partial charge on any atom is 0.243 e. The molecule has 3 rings (SSSR count). The number of rotatable bonds is 6. The SMILES string of the molecule is CCOc1ccc(S(=O)(=O)N2CCC(C(=O)Nc3ccccc3F)CC2)cc1Cl. The first kappa shape index (κ1) is 21.5. The van der Waals surface area contributed by atoms with E-state index in [4.69, 9.17) is 16.3 Å². The predicted molar refractivity (Wildman–Crippen MR) is 109 cm³/mol. The van der Waals surface area contributed by atoms with Crippen molar-refractivity contribution in [2.45, 2.75) is 24.7 Å². The molecule has 1 amide bonds. The molecule has 0 radical (unpaired) electrons. The van der Waals surface area contributed by atoms with Gasteiger partial charge in [-0.15, -0.1) is 0 Å². The number of nitrogens with zero attached hydrogens (tertiary/aromatic N) is 1. The summed E-state index contributed by atoms with van der Waals surface area (Å²) >= 11 is 6.12. The number of para-hydroxylation sites is 1. The van der Waals surface area contributed by atoms with Gasteiger partial charge in [0.25, 0.3) is 0 Å². The molecule has 1 saturated heterocycles. The summed E-state index contributed by atoms with van der Waals surface area (Å²) in [7, 11) is -3.73. The van der Waals surface area contributed by atoms with Gasteiger partial charge in [-0.05, 0) is 50.1 Å².